The first-order valence-corrected chi connectivity index (χ1v) is 5.44. The zero-order valence-electron chi connectivity index (χ0n) is 9.34. The van der Waals surface area contributed by atoms with E-state index in [1.54, 1.807) is 0 Å². The molecule has 0 spiro atoms. The first-order valence-electron chi connectivity index (χ1n) is 5.44. The largest absolute Gasteiger partial charge is 0.392 e. The molecule has 0 bridgehead atoms. The van der Waals surface area contributed by atoms with Crippen LogP contribution in [0.1, 0.15) is 33.6 Å². The van der Waals surface area contributed by atoms with Gasteiger partial charge in [0.2, 0.25) is 0 Å². The van der Waals surface area contributed by atoms with Gasteiger partial charge in [0.1, 0.15) is 0 Å². The molecule has 1 aliphatic carbocycles. The highest BCUT2D eigenvalue weighted by Gasteiger charge is 2.47. The van der Waals surface area contributed by atoms with E-state index in [0.29, 0.717) is 6.61 Å². The molecule has 2 nitrogen and oxygen atoms in total. The maximum Gasteiger partial charge on any atom is 0.0650 e. The van der Waals surface area contributed by atoms with Crippen molar-refractivity contribution >= 4 is 0 Å². The Labute approximate surface area is 86.0 Å². The first-order chi connectivity index (χ1) is 6.47. The fraction of sp³-hybridized carbons (Fsp3) is 0.833. The number of aliphatic hydroxyl groups excluding tert-OH is 1. The molecule has 1 unspecified atom stereocenters. The van der Waals surface area contributed by atoms with Gasteiger partial charge in [-0.05, 0) is 12.8 Å². The van der Waals surface area contributed by atoms with Gasteiger partial charge in [0.05, 0.1) is 19.3 Å². The minimum Gasteiger partial charge on any atom is -0.392 e. The second-order valence-electron chi connectivity index (χ2n) is 5.47. The molecule has 1 N–H and O–H groups in total. The smallest absolute Gasteiger partial charge is 0.0650 e. The van der Waals surface area contributed by atoms with Crippen LogP contribution in [0.25, 0.3) is 0 Å². The normalized spacial score (nSPS) is 41.4. The highest BCUT2D eigenvalue weighted by Crippen LogP contribution is 2.51. The summed E-state index contributed by atoms with van der Waals surface area (Å²) in [5.41, 5.74) is 1.49. The van der Waals surface area contributed by atoms with Crippen molar-refractivity contribution in [1.29, 1.82) is 0 Å². The van der Waals surface area contributed by atoms with Gasteiger partial charge in [0, 0.05) is 10.8 Å². The van der Waals surface area contributed by atoms with Gasteiger partial charge in [-0.3, -0.25) is 0 Å². The predicted molar refractivity (Wildman–Crippen MR) is 56.0 cm³/mol. The van der Waals surface area contributed by atoms with Crippen LogP contribution in [0.15, 0.2) is 11.6 Å². The number of rotatable bonds is 0. The second-order valence-corrected chi connectivity index (χ2v) is 5.47. The maximum atomic E-state index is 10.0. The Balaban J connectivity index is 2.39. The van der Waals surface area contributed by atoms with Gasteiger partial charge in [-0.25, -0.2) is 0 Å². The molecule has 2 aliphatic rings. The van der Waals surface area contributed by atoms with Crippen molar-refractivity contribution in [2.45, 2.75) is 39.7 Å². The number of aliphatic hydroxyl groups is 1. The molecule has 1 heterocycles. The Bertz CT molecular complexity index is 267. The standard InChI is InChI=1S/C12H20O2/c1-11(2)9-5-7-14-8-12(9,3)6-4-10(11)13/h5,10,13H,4,6-8H2,1-3H3/t10?,12-/m1/s1. The molecule has 0 aromatic carbocycles. The fourth-order valence-electron chi connectivity index (χ4n) is 2.99. The Morgan fingerprint density at radius 1 is 1.43 bits per heavy atom. The van der Waals surface area contributed by atoms with Gasteiger partial charge in [-0.2, -0.15) is 0 Å². The van der Waals surface area contributed by atoms with E-state index in [2.05, 4.69) is 26.8 Å². The van der Waals surface area contributed by atoms with Crippen LogP contribution in [0.2, 0.25) is 0 Å². The topological polar surface area (TPSA) is 29.5 Å². The summed E-state index contributed by atoms with van der Waals surface area (Å²) in [7, 11) is 0. The number of hydrogen-bond acceptors (Lipinski definition) is 2. The van der Waals surface area contributed by atoms with Gasteiger partial charge < -0.3 is 9.84 Å². The van der Waals surface area contributed by atoms with E-state index in [1.807, 2.05) is 0 Å². The third kappa shape index (κ3) is 1.32. The third-order valence-corrected chi connectivity index (χ3v) is 3.97. The summed E-state index contributed by atoms with van der Waals surface area (Å²) in [6.07, 6.45) is 3.92. The average molecular weight is 196 g/mol. The summed E-state index contributed by atoms with van der Waals surface area (Å²) >= 11 is 0. The molecular formula is C12H20O2. The summed E-state index contributed by atoms with van der Waals surface area (Å²) in [6, 6.07) is 0. The lowest BCUT2D eigenvalue weighted by Crippen LogP contribution is -2.47. The van der Waals surface area contributed by atoms with Crippen LogP contribution in [0, 0.1) is 10.8 Å². The lowest BCUT2D eigenvalue weighted by Gasteiger charge is -2.50. The molecule has 1 aliphatic heterocycles. The second kappa shape index (κ2) is 3.07. The lowest BCUT2D eigenvalue weighted by atomic mass is 9.59. The minimum atomic E-state index is -0.195. The molecule has 0 saturated heterocycles. The maximum absolute atomic E-state index is 10.0. The van der Waals surface area contributed by atoms with Crippen LogP contribution in [0.4, 0.5) is 0 Å². The van der Waals surface area contributed by atoms with Gasteiger partial charge in [-0.15, -0.1) is 0 Å². The van der Waals surface area contributed by atoms with Crippen molar-refractivity contribution < 1.29 is 9.84 Å². The van der Waals surface area contributed by atoms with E-state index in [4.69, 9.17) is 4.74 Å². The highest BCUT2D eigenvalue weighted by molar-refractivity contribution is 5.27. The summed E-state index contributed by atoms with van der Waals surface area (Å²) in [4.78, 5) is 0. The third-order valence-electron chi connectivity index (χ3n) is 3.97. The number of fused-ring (bicyclic) bond motifs is 1. The Morgan fingerprint density at radius 2 is 2.14 bits per heavy atom. The Kier molecular flexibility index (Phi) is 2.24. The van der Waals surface area contributed by atoms with E-state index < -0.39 is 0 Å². The van der Waals surface area contributed by atoms with Crippen molar-refractivity contribution in [2.75, 3.05) is 13.2 Å². The molecule has 0 radical (unpaired) electrons. The number of hydrogen-bond donors (Lipinski definition) is 1. The molecule has 1 saturated carbocycles. The molecule has 80 valence electrons. The van der Waals surface area contributed by atoms with Gasteiger partial charge in [0.25, 0.3) is 0 Å². The molecule has 0 aromatic rings. The Hall–Kier alpha value is -0.340. The van der Waals surface area contributed by atoms with E-state index in [-0.39, 0.29) is 16.9 Å². The van der Waals surface area contributed by atoms with Crippen molar-refractivity contribution in [3.05, 3.63) is 11.6 Å². The van der Waals surface area contributed by atoms with Crippen LogP contribution in [0.5, 0.6) is 0 Å². The predicted octanol–water partition coefficient (Wildman–Crippen LogP) is 2.13. The van der Waals surface area contributed by atoms with Gasteiger partial charge in [0.15, 0.2) is 0 Å². The van der Waals surface area contributed by atoms with Crippen molar-refractivity contribution in [2.24, 2.45) is 10.8 Å². The van der Waals surface area contributed by atoms with Crippen molar-refractivity contribution in [3.63, 3.8) is 0 Å². The van der Waals surface area contributed by atoms with E-state index in [0.717, 1.165) is 19.4 Å². The fourth-order valence-corrected chi connectivity index (χ4v) is 2.99. The van der Waals surface area contributed by atoms with Crippen LogP contribution in [-0.4, -0.2) is 24.4 Å². The molecule has 14 heavy (non-hydrogen) atoms. The van der Waals surface area contributed by atoms with Gasteiger partial charge >= 0.3 is 0 Å². The molecule has 2 heteroatoms. The molecular weight excluding hydrogens is 176 g/mol. The zero-order chi connectivity index (χ0) is 10.4. The summed E-state index contributed by atoms with van der Waals surface area (Å²) in [6.45, 7) is 8.07. The van der Waals surface area contributed by atoms with Crippen LogP contribution >= 0.6 is 0 Å². The molecule has 2 rings (SSSR count). The summed E-state index contributed by atoms with van der Waals surface area (Å²) in [5.74, 6) is 0. The molecule has 0 amide bonds. The van der Waals surface area contributed by atoms with Crippen LogP contribution in [0.3, 0.4) is 0 Å². The molecule has 0 aromatic heterocycles. The quantitative estimate of drug-likeness (QED) is 0.601. The summed E-state index contributed by atoms with van der Waals surface area (Å²) in [5, 5.41) is 10.0. The van der Waals surface area contributed by atoms with E-state index >= 15 is 0 Å². The zero-order valence-corrected chi connectivity index (χ0v) is 9.34. The summed E-state index contributed by atoms with van der Waals surface area (Å²) < 4.78 is 5.51. The minimum absolute atomic E-state index is 0.0726. The van der Waals surface area contributed by atoms with Crippen molar-refractivity contribution in [3.8, 4) is 0 Å². The average Bonchev–Trinajstić information content (AvgIpc) is 2.13. The first kappa shape index (κ1) is 10.2. The SMILES string of the molecule is CC1(C)C2=CCOC[C@@]2(C)CCC1O. The Morgan fingerprint density at radius 3 is 2.86 bits per heavy atom. The monoisotopic (exact) mass is 196 g/mol. The molecule has 2 atom stereocenters. The highest BCUT2D eigenvalue weighted by atomic mass is 16.5. The van der Waals surface area contributed by atoms with Gasteiger partial charge in [-0.1, -0.05) is 32.4 Å². The van der Waals surface area contributed by atoms with Crippen molar-refractivity contribution in [1.82, 2.24) is 0 Å². The van der Waals surface area contributed by atoms with Crippen LogP contribution in [-0.2, 0) is 4.74 Å². The number of ether oxygens (including phenoxy) is 1. The van der Waals surface area contributed by atoms with Crippen LogP contribution < -0.4 is 0 Å². The molecule has 1 fully saturated rings. The lowest BCUT2D eigenvalue weighted by molar-refractivity contribution is -0.0270. The van der Waals surface area contributed by atoms with E-state index in [9.17, 15) is 5.11 Å². The van der Waals surface area contributed by atoms with E-state index in [1.165, 1.54) is 5.57 Å².